The van der Waals surface area contributed by atoms with Crippen LogP contribution >= 0.6 is 0 Å². The lowest BCUT2D eigenvalue weighted by Gasteiger charge is -2.09. The highest BCUT2D eigenvalue weighted by atomic mass is 16.3. The van der Waals surface area contributed by atoms with Crippen LogP contribution in [-0.4, -0.2) is 11.7 Å². The zero-order valence-electron chi connectivity index (χ0n) is 7.12. The summed E-state index contributed by atoms with van der Waals surface area (Å²) >= 11 is 0. The molecule has 1 aromatic rings. The Morgan fingerprint density at radius 2 is 2.17 bits per heavy atom. The number of aryl methyl sites for hydroxylation is 1. The highest BCUT2D eigenvalue weighted by Gasteiger charge is 2.04. The zero-order valence-corrected chi connectivity index (χ0v) is 7.12. The van der Waals surface area contributed by atoms with Gasteiger partial charge in [-0.1, -0.05) is 12.1 Å². The van der Waals surface area contributed by atoms with Gasteiger partial charge in [-0.3, -0.25) is 0 Å². The predicted octanol–water partition coefficient (Wildman–Crippen LogP) is 0.659. The minimum Gasteiger partial charge on any atom is -0.508 e. The molecular formula is C9H14N2O. The molecule has 0 saturated carbocycles. The second kappa shape index (κ2) is 3.56. The van der Waals surface area contributed by atoms with E-state index in [2.05, 4.69) is 0 Å². The van der Waals surface area contributed by atoms with Crippen molar-refractivity contribution in [3.05, 3.63) is 29.3 Å². The Balaban J connectivity index is 2.96. The van der Waals surface area contributed by atoms with Crippen LogP contribution in [0, 0.1) is 6.92 Å². The molecule has 0 aromatic heterocycles. The lowest BCUT2D eigenvalue weighted by molar-refractivity contribution is 0.469. The Labute approximate surface area is 72.0 Å². The van der Waals surface area contributed by atoms with Crippen molar-refractivity contribution in [2.75, 3.05) is 6.54 Å². The summed E-state index contributed by atoms with van der Waals surface area (Å²) in [7, 11) is 0. The predicted molar refractivity (Wildman–Crippen MR) is 48.8 cm³/mol. The van der Waals surface area contributed by atoms with Gasteiger partial charge >= 0.3 is 0 Å². The fourth-order valence-electron chi connectivity index (χ4n) is 0.993. The van der Waals surface area contributed by atoms with Crippen LogP contribution in [0.2, 0.25) is 0 Å². The maximum absolute atomic E-state index is 9.35. The molecule has 3 nitrogen and oxygen atoms in total. The third-order valence-electron chi connectivity index (χ3n) is 1.92. The average molecular weight is 166 g/mol. The molecule has 66 valence electrons. The molecule has 0 bridgehead atoms. The molecule has 0 aliphatic rings. The second-order valence-electron chi connectivity index (χ2n) is 2.89. The summed E-state index contributed by atoms with van der Waals surface area (Å²) in [4.78, 5) is 0. The number of aromatic hydroxyl groups is 1. The van der Waals surface area contributed by atoms with Crippen LogP contribution in [0.1, 0.15) is 17.2 Å². The van der Waals surface area contributed by atoms with E-state index in [0.29, 0.717) is 6.54 Å². The Morgan fingerprint density at radius 1 is 1.50 bits per heavy atom. The Hall–Kier alpha value is -1.06. The minimum atomic E-state index is -0.184. The number of hydrogen-bond donors (Lipinski definition) is 3. The monoisotopic (exact) mass is 166 g/mol. The van der Waals surface area contributed by atoms with Gasteiger partial charge in [0.1, 0.15) is 5.75 Å². The Morgan fingerprint density at radius 3 is 2.67 bits per heavy atom. The molecule has 0 aliphatic heterocycles. The summed E-state index contributed by atoms with van der Waals surface area (Å²) in [6.07, 6.45) is 0. The largest absolute Gasteiger partial charge is 0.508 e. The topological polar surface area (TPSA) is 72.3 Å². The van der Waals surface area contributed by atoms with E-state index in [9.17, 15) is 5.11 Å². The summed E-state index contributed by atoms with van der Waals surface area (Å²) < 4.78 is 0. The van der Waals surface area contributed by atoms with Crippen LogP contribution in [0.5, 0.6) is 5.75 Å². The van der Waals surface area contributed by atoms with E-state index in [1.54, 1.807) is 6.07 Å². The second-order valence-corrected chi connectivity index (χ2v) is 2.89. The van der Waals surface area contributed by atoms with Crippen molar-refractivity contribution in [3.63, 3.8) is 0 Å². The molecule has 0 aliphatic carbocycles. The quantitative estimate of drug-likeness (QED) is 0.604. The summed E-state index contributed by atoms with van der Waals surface area (Å²) in [5.74, 6) is 0.274. The summed E-state index contributed by atoms with van der Waals surface area (Å²) in [6, 6.07) is 5.19. The fourth-order valence-corrected chi connectivity index (χ4v) is 0.993. The van der Waals surface area contributed by atoms with E-state index in [1.807, 2.05) is 19.1 Å². The van der Waals surface area contributed by atoms with Crippen LogP contribution in [0.4, 0.5) is 0 Å². The molecule has 5 N–H and O–H groups in total. The van der Waals surface area contributed by atoms with Gasteiger partial charge in [-0.2, -0.15) is 0 Å². The number of nitrogens with two attached hydrogens (primary N) is 2. The van der Waals surface area contributed by atoms with Crippen LogP contribution in [0.3, 0.4) is 0 Å². The molecule has 3 heteroatoms. The smallest absolute Gasteiger partial charge is 0.118 e. The third kappa shape index (κ3) is 1.75. The first kappa shape index (κ1) is 9.03. The normalized spacial score (nSPS) is 12.9. The molecule has 12 heavy (non-hydrogen) atoms. The molecule has 0 radical (unpaired) electrons. The van der Waals surface area contributed by atoms with Gasteiger partial charge in [0, 0.05) is 12.6 Å². The average Bonchev–Trinajstić information content (AvgIpc) is 2.08. The highest BCUT2D eigenvalue weighted by molar-refractivity contribution is 5.36. The van der Waals surface area contributed by atoms with Crippen molar-refractivity contribution in [2.45, 2.75) is 13.0 Å². The van der Waals surface area contributed by atoms with Gasteiger partial charge < -0.3 is 16.6 Å². The molecule has 1 atom stereocenters. The number of phenols is 1. The van der Waals surface area contributed by atoms with Crippen molar-refractivity contribution in [2.24, 2.45) is 11.5 Å². The van der Waals surface area contributed by atoms with Crippen molar-refractivity contribution >= 4 is 0 Å². The maximum Gasteiger partial charge on any atom is 0.118 e. The Kier molecular flexibility index (Phi) is 2.68. The van der Waals surface area contributed by atoms with Gasteiger partial charge in [0.05, 0.1) is 0 Å². The first-order valence-corrected chi connectivity index (χ1v) is 3.90. The van der Waals surface area contributed by atoms with E-state index < -0.39 is 0 Å². The van der Waals surface area contributed by atoms with Crippen molar-refractivity contribution in [1.82, 2.24) is 0 Å². The van der Waals surface area contributed by atoms with Crippen LogP contribution in [0.15, 0.2) is 18.2 Å². The van der Waals surface area contributed by atoms with Gasteiger partial charge in [-0.25, -0.2) is 0 Å². The van der Waals surface area contributed by atoms with Crippen molar-refractivity contribution < 1.29 is 5.11 Å². The molecule has 1 rings (SSSR count). The van der Waals surface area contributed by atoms with Crippen molar-refractivity contribution in [1.29, 1.82) is 0 Å². The molecule has 0 spiro atoms. The molecule has 0 fully saturated rings. The van der Waals surface area contributed by atoms with Gasteiger partial charge in [0.15, 0.2) is 0 Å². The zero-order chi connectivity index (χ0) is 9.14. The fraction of sp³-hybridized carbons (Fsp3) is 0.333. The molecule has 0 amide bonds. The first-order valence-electron chi connectivity index (χ1n) is 3.90. The lowest BCUT2D eigenvalue weighted by atomic mass is 10.1. The van der Waals surface area contributed by atoms with Gasteiger partial charge in [-0.05, 0) is 24.1 Å². The number of phenolic OH excluding ortho intramolecular Hbond substituents is 1. The summed E-state index contributed by atoms with van der Waals surface area (Å²) in [5.41, 5.74) is 12.8. The first-order chi connectivity index (χ1) is 5.65. The molecule has 0 unspecified atom stereocenters. The third-order valence-corrected chi connectivity index (χ3v) is 1.92. The van der Waals surface area contributed by atoms with E-state index in [-0.39, 0.29) is 11.8 Å². The van der Waals surface area contributed by atoms with Crippen LogP contribution < -0.4 is 11.5 Å². The molecule has 0 saturated heterocycles. The van der Waals surface area contributed by atoms with E-state index in [0.717, 1.165) is 11.1 Å². The number of hydrogen-bond acceptors (Lipinski definition) is 3. The van der Waals surface area contributed by atoms with Gasteiger partial charge in [0.25, 0.3) is 0 Å². The van der Waals surface area contributed by atoms with Crippen molar-refractivity contribution in [3.8, 4) is 5.75 Å². The summed E-state index contributed by atoms with van der Waals surface area (Å²) in [6.45, 7) is 2.23. The number of benzene rings is 1. The minimum absolute atomic E-state index is 0.184. The van der Waals surface area contributed by atoms with E-state index >= 15 is 0 Å². The molecular weight excluding hydrogens is 152 g/mol. The lowest BCUT2D eigenvalue weighted by Crippen LogP contribution is -2.20. The van der Waals surface area contributed by atoms with Gasteiger partial charge in [0.2, 0.25) is 0 Å². The Bertz CT molecular complexity index is 273. The molecule has 1 aromatic carbocycles. The van der Waals surface area contributed by atoms with Gasteiger partial charge in [-0.15, -0.1) is 0 Å². The van der Waals surface area contributed by atoms with E-state index in [1.165, 1.54) is 0 Å². The molecule has 0 heterocycles. The van der Waals surface area contributed by atoms with Crippen LogP contribution in [-0.2, 0) is 0 Å². The van der Waals surface area contributed by atoms with E-state index in [4.69, 9.17) is 11.5 Å². The SMILES string of the molecule is Cc1ccc([C@@H](N)CN)cc1O. The number of rotatable bonds is 2. The summed E-state index contributed by atoms with van der Waals surface area (Å²) in [5, 5.41) is 9.35. The standard InChI is InChI=1S/C9H14N2O/c1-6-2-3-7(4-9(6)12)8(11)5-10/h2-4,8,12H,5,10-11H2,1H3/t8-/m0/s1. The maximum atomic E-state index is 9.35. The van der Waals surface area contributed by atoms with Crippen LogP contribution in [0.25, 0.3) is 0 Å². The highest BCUT2D eigenvalue weighted by Crippen LogP contribution is 2.20.